The van der Waals surface area contributed by atoms with E-state index >= 15 is 0 Å². The number of hydrogen-bond donors (Lipinski definition) is 2. The molecule has 0 saturated carbocycles. The minimum atomic E-state index is -1.50. The Labute approximate surface area is 111 Å². The van der Waals surface area contributed by atoms with Crippen molar-refractivity contribution in [3.63, 3.8) is 0 Å². The first kappa shape index (κ1) is 13.6. The van der Waals surface area contributed by atoms with Gasteiger partial charge in [0, 0.05) is 5.56 Å². The van der Waals surface area contributed by atoms with Crippen molar-refractivity contribution in [1.82, 2.24) is 0 Å². The zero-order valence-electron chi connectivity index (χ0n) is 10.5. The summed E-state index contributed by atoms with van der Waals surface area (Å²) >= 11 is 0. The molecule has 0 aliphatic rings. The van der Waals surface area contributed by atoms with Crippen molar-refractivity contribution in [2.24, 2.45) is 0 Å². The molecule has 0 fully saturated rings. The van der Waals surface area contributed by atoms with Crippen LogP contribution >= 0.6 is 0 Å². The summed E-state index contributed by atoms with van der Waals surface area (Å²) in [5.41, 5.74) is 1.64. The minimum absolute atomic E-state index is 0.133. The van der Waals surface area contributed by atoms with Crippen LogP contribution in [0.3, 0.4) is 0 Å². The van der Waals surface area contributed by atoms with Gasteiger partial charge in [-0.1, -0.05) is 30.3 Å². The van der Waals surface area contributed by atoms with E-state index in [0.717, 1.165) is 5.56 Å². The van der Waals surface area contributed by atoms with Crippen LogP contribution in [0.5, 0.6) is 5.75 Å². The molecule has 0 radical (unpaired) electrons. The summed E-state index contributed by atoms with van der Waals surface area (Å²) in [6.07, 6.45) is 0. The van der Waals surface area contributed by atoms with Crippen molar-refractivity contribution in [3.05, 3.63) is 59.4 Å². The van der Waals surface area contributed by atoms with Crippen molar-refractivity contribution in [1.29, 1.82) is 0 Å². The van der Waals surface area contributed by atoms with Crippen LogP contribution in [-0.4, -0.2) is 17.2 Å². The van der Waals surface area contributed by atoms with E-state index in [0.29, 0.717) is 16.8 Å². The van der Waals surface area contributed by atoms with Gasteiger partial charge in [-0.25, -0.2) is 4.39 Å². The Morgan fingerprint density at radius 1 is 1.16 bits per heavy atom. The van der Waals surface area contributed by atoms with Gasteiger partial charge in [0.2, 0.25) is 0 Å². The van der Waals surface area contributed by atoms with E-state index in [1.165, 1.54) is 6.07 Å². The molecule has 19 heavy (non-hydrogen) atoms. The Kier molecular flexibility index (Phi) is 4.19. The molecule has 2 aromatic rings. The maximum atomic E-state index is 13.4. The van der Waals surface area contributed by atoms with Crippen LogP contribution in [0.2, 0.25) is 0 Å². The van der Waals surface area contributed by atoms with Crippen LogP contribution < -0.4 is 10.2 Å². The number of rotatable bonds is 4. The zero-order chi connectivity index (χ0) is 13.8. The second kappa shape index (κ2) is 5.86. The molecule has 2 rings (SSSR count). The predicted molar refractivity (Wildman–Crippen MR) is 71.7 cm³/mol. The molecular weight excluding hydrogens is 246 g/mol. The molecule has 0 unspecified atom stereocenters. The lowest BCUT2D eigenvalue weighted by Crippen LogP contribution is -2.29. The maximum Gasteiger partial charge on any atom is 0.488 e. The maximum absolute atomic E-state index is 13.4. The average Bonchev–Trinajstić information content (AvgIpc) is 2.39. The quantitative estimate of drug-likeness (QED) is 0.817. The van der Waals surface area contributed by atoms with E-state index in [9.17, 15) is 4.39 Å². The predicted octanol–water partition coefficient (Wildman–Crippen LogP) is 1.39. The van der Waals surface area contributed by atoms with E-state index in [4.69, 9.17) is 14.8 Å². The number of aryl methyl sites for hydroxylation is 1. The van der Waals surface area contributed by atoms with Crippen LogP contribution in [-0.2, 0) is 6.61 Å². The molecule has 98 valence electrons. The standard InChI is InChI=1S/C14H14BFO3/c1-10-8-12(15(17)18)6-7-14(10)19-9-11-4-2-3-5-13(11)16/h2-8,17-18H,9H2,1H3. The summed E-state index contributed by atoms with van der Waals surface area (Å²) in [6, 6.07) is 11.3. The lowest BCUT2D eigenvalue weighted by Gasteiger charge is -2.11. The van der Waals surface area contributed by atoms with Crippen molar-refractivity contribution < 1.29 is 19.2 Å². The zero-order valence-corrected chi connectivity index (χ0v) is 10.5. The molecule has 0 bridgehead atoms. The highest BCUT2D eigenvalue weighted by molar-refractivity contribution is 6.58. The SMILES string of the molecule is Cc1cc(B(O)O)ccc1OCc1ccccc1F. The topological polar surface area (TPSA) is 49.7 Å². The van der Waals surface area contributed by atoms with Gasteiger partial charge in [-0.15, -0.1) is 0 Å². The number of halogens is 1. The second-order valence-electron chi connectivity index (χ2n) is 4.28. The van der Waals surface area contributed by atoms with Gasteiger partial charge in [-0.2, -0.15) is 0 Å². The van der Waals surface area contributed by atoms with E-state index in [-0.39, 0.29) is 12.4 Å². The molecule has 0 amide bonds. The molecule has 0 heterocycles. The fraction of sp³-hybridized carbons (Fsp3) is 0.143. The third-order valence-electron chi connectivity index (χ3n) is 2.84. The summed E-state index contributed by atoms with van der Waals surface area (Å²) in [5.74, 6) is 0.287. The third-order valence-corrected chi connectivity index (χ3v) is 2.84. The summed E-state index contributed by atoms with van der Waals surface area (Å²) in [5, 5.41) is 18.1. The fourth-order valence-electron chi connectivity index (χ4n) is 1.77. The van der Waals surface area contributed by atoms with E-state index in [1.54, 1.807) is 43.3 Å². The van der Waals surface area contributed by atoms with E-state index in [2.05, 4.69) is 0 Å². The first-order valence-electron chi connectivity index (χ1n) is 5.91. The molecule has 5 heteroatoms. The number of ether oxygens (including phenoxy) is 1. The Morgan fingerprint density at radius 2 is 1.89 bits per heavy atom. The lowest BCUT2D eigenvalue weighted by molar-refractivity contribution is 0.298. The van der Waals surface area contributed by atoms with Gasteiger partial charge in [-0.05, 0) is 30.1 Å². The van der Waals surface area contributed by atoms with Gasteiger partial charge in [0.15, 0.2) is 0 Å². The van der Waals surface area contributed by atoms with Crippen LogP contribution in [0.25, 0.3) is 0 Å². The van der Waals surface area contributed by atoms with Crippen molar-refractivity contribution in [3.8, 4) is 5.75 Å². The van der Waals surface area contributed by atoms with Gasteiger partial charge in [0.1, 0.15) is 18.2 Å². The van der Waals surface area contributed by atoms with Crippen molar-refractivity contribution >= 4 is 12.6 Å². The Hall–Kier alpha value is -1.85. The monoisotopic (exact) mass is 260 g/mol. The molecule has 0 aliphatic carbocycles. The van der Waals surface area contributed by atoms with Crippen LogP contribution in [0, 0.1) is 12.7 Å². The largest absolute Gasteiger partial charge is 0.489 e. The number of benzene rings is 2. The number of hydrogen-bond acceptors (Lipinski definition) is 3. The highest BCUT2D eigenvalue weighted by atomic mass is 19.1. The average molecular weight is 260 g/mol. The van der Waals surface area contributed by atoms with Crippen LogP contribution in [0.15, 0.2) is 42.5 Å². The Bertz CT molecular complexity index is 572. The first-order valence-corrected chi connectivity index (χ1v) is 5.91. The minimum Gasteiger partial charge on any atom is -0.489 e. The van der Waals surface area contributed by atoms with E-state index < -0.39 is 7.12 Å². The summed E-state index contributed by atoms with van der Waals surface area (Å²) < 4.78 is 19.0. The molecule has 3 nitrogen and oxygen atoms in total. The fourth-order valence-corrected chi connectivity index (χ4v) is 1.77. The highest BCUT2D eigenvalue weighted by Gasteiger charge is 2.12. The van der Waals surface area contributed by atoms with Gasteiger partial charge >= 0.3 is 7.12 Å². The lowest BCUT2D eigenvalue weighted by atomic mass is 9.79. The smallest absolute Gasteiger partial charge is 0.488 e. The molecule has 2 N–H and O–H groups in total. The molecule has 0 spiro atoms. The van der Waals surface area contributed by atoms with Gasteiger partial charge in [0.25, 0.3) is 0 Å². The van der Waals surface area contributed by atoms with Crippen molar-refractivity contribution in [2.75, 3.05) is 0 Å². The van der Waals surface area contributed by atoms with E-state index in [1.807, 2.05) is 0 Å². The Balaban J connectivity index is 2.10. The van der Waals surface area contributed by atoms with Gasteiger partial charge in [0.05, 0.1) is 0 Å². The van der Waals surface area contributed by atoms with Gasteiger partial charge < -0.3 is 14.8 Å². The second-order valence-corrected chi connectivity index (χ2v) is 4.28. The molecule has 0 aliphatic heterocycles. The summed E-state index contributed by atoms with van der Waals surface area (Å²) in [4.78, 5) is 0. The van der Waals surface area contributed by atoms with Crippen LogP contribution in [0.1, 0.15) is 11.1 Å². The van der Waals surface area contributed by atoms with Gasteiger partial charge in [-0.3, -0.25) is 0 Å². The van der Waals surface area contributed by atoms with Crippen LogP contribution in [0.4, 0.5) is 4.39 Å². The highest BCUT2D eigenvalue weighted by Crippen LogP contribution is 2.18. The Morgan fingerprint density at radius 3 is 2.53 bits per heavy atom. The molecule has 0 atom stereocenters. The third kappa shape index (κ3) is 3.33. The first-order chi connectivity index (χ1) is 9.08. The molecule has 2 aromatic carbocycles. The molecule has 0 saturated heterocycles. The molecule has 0 aromatic heterocycles. The normalized spacial score (nSPS) is 10.3. The summed E-state index contributed by atoms with van der Waals surface area (Å²) in [6.45, 7) is 1.93. The van der Waals surface area contributed by atoms with Crippen molar-refractivity contribution in [2.45, 2.75) is 13.5 Å². The molecular formula is C14H14BFO3. The summed E-state index contributed by atoms with van der Waals surface area (Å²) in [7, 11) is -1.50.